The van der Waals surface area contributed by atoms with Crippen LogP contribution in [0.15, 0.2) is 54.6 Å². The summed E-state index contributed by atoms with van der Waals surface area (Å²) in [6, 6.07) is 15.8. The number of hydrazine groups is 1. The minimum atomic E-state index is -0.572. The molecule has 0 saturated carbocycles. The molecule has 0 fully saturated rings. The summed E-state index contributed by atoms with van der Waals surface area (Å²) in [6.45, 7) is 3.79. The monoisotopic (exact) mass is 371 g/mol. The highest BCUT2D eigenvalue weighted by Crippen LogP contribution is 2.12. The van der Waals surface area contributed by atoms with Gasteiger partial charge in [0.25, 0.3) is 5.91 Å². The second-order valence-electron chi connectivity index (χ2n) is 5.74. The average molecular weight is 371 g/mol. The molecular formula is C19H21N3O3S. The van der Waals surface area contributed by atoms with E-state index in [1.807, 2.05) is 44.2 Å². The highest BCUT2D eigenvalue weighted by molar-refractivity contribution is 7.80. The summed E-state index contributed by atoms with van der Waals surface area (Å²) in [5.41, 5.74) is 3.98. The van der Waals surface area contributed by atoms with E-state index in [2.05, 4.69) is 10.7 Å². The van der Waals surface area contributed by atoms with Gasteiger partial charge in [-0.05, 0) is 50.3 Å². The van der Waals surface area contributed by atoms with Crippen molar-refractivity contribution in [2.45, 2.75) is 19.9 Å². The first kappa shape index (κ1) is 19.4. The van der Waals surface area contributed by atoms with Crippen molar-refractivity contribution in [3.63, 3.8) is 0 Å². The van der Waals surface area contributed by atoms with Crippen LogP contribution in [0.2, 0.25) is 0 Å². The maximum atomic E-state index is 12.7. The minimum Gasteiger partial charge on any atom is -0.465 e. The average Bonchev–Trinajstić information content (AvgIpc) is 2.65. The van der Waals surface area contributed by atoms with Crippen molar-refractivity contribution in [3.8, 4) is 0 Å². The number of thiocarbonyl (C=S) groups is 1. The van der Waals surface area contributed by atoms with E-state index in [0.29, 0.717) is 5.11 Å². The van der Waals surface area contributed by atoms with Crippen LogP contribution in [-0.4, -0.2) is 35.1 Å². The van der Waals surface area contributed by atoms with E-state index < -0.39 is 11.9 Å². The molecule has 0 aliphatic rings. The first-order valence-electron chi connectivity index (χ1n) is 8.07. The lowest BCUT2D eigenvalue weighted by Crippen LogP contribution is -2.51. The molecule has 0 heterocycles. The Hall–Kier alpha value is -2.93. The third kappa shape index (κ3) is 4.80. The number of carbonyl (C=O) groups is 2. The maximum absolute atomic E-state index is 12.7. The molecule has 2 rings (SSSR count). The lowest BCUT2D eigenvalue weighted by atomic mass is 10.1. The number of hydrogen-bond donors (Lipinski definition) is 2. The third-order valence-corrected chi connectivity index (χ3v) is 3.86. The number of esters is 1. The molecule has 0 bridgehead atoms. The van der Waals surface area contributed by atoms with Crippen molar-refractivity contribution in [2.24, 2.45) is 0 Å². The molecular weight excluding hydrogens is 350 g/mol. The second-order valence-corrected chi connectivity index (χ2v) is 6.12. The smallest absolute Gasteiger partial charge is 0.338 e. The maximum Gasteiger partial charge on any atom is 0.338 e. The van der Waals surface area contributed by atoms with Crippen molar-refractivity contribution in [1.82, 2.24) is 10.4 Å². The number of para-hydroxylation sites is 1. The van der Waals surface area contributed by atoms with E-state index in [0.717, 1.165) is 5.69 Å². The fourth-order valence-corrected chi connectivity index (χ4v) is 2.63. The Bertz CT molecular complexity index is 794. The van der Waals surface area contributed by atoms with Gasteiger partial charge in [0.2, 0.25) is 0 Å². The predicted molar refractivity (Wildman–Crippen MR) is 105 cm³/mol. The Kier molecular flexibility index (Phi) is 6.68. The van der Waals surface area contributed by atoms with Crippen molar-refractivity contribution in [3.05, 3.63) is 65.7 Å². The van der Waals surface area contributed by atoms with Crippen LogP contribution in [0.5, 0.6) is 0 Å². The molecule has 0 atom stereocenters. The minimum absolute atomic E-state index is 0.104. The summed E-state index contributed by atoms with van der Waals surface area (Å²) in [5, 5.41) is 4.96. The third-order valence-electron chi connectivity index (χ3n) is 3.56. The fourth-order valence-electron chi connectivity index (χ4n) is 2.26. The SMILES string of the molecule is COC(=O)c1ccccc1C(=O)NN(C(=S)Nc1ccccc1)C(C)C. The first-order valence-corrected chi connectivity index (χ1v) is 8.48. The van der Waals surface area contributed by atoms with Crippen molar-refractivity contribution >= 4 is 34.9 Å². The topological polar surface area (TPSA) is 70.7 Å². The van der Waals surface area contributed by atoms with Crippen LogP contribution in [0.4, 0.5) is 5.69 Å². The van der Waals surface area contributed by atoms with Crippen LogP contribution < -0.4 is 10.7 Å². The normalized spacial score (nSPS) is 10.2. The van der Waals surface area contributed by atoms with E-state index in [1.165, 1.54) is 7.11 Å². The van der Waals surface area contributed by atoms with Crippen LogP contribution >= 0.6 is 12.2 Å². The zero-order valence-corrected chi connectivity index (χ0v) is 15.7. The summed E-state index contributed by atoms with van der Waals surface area (Å²) in [6.07, 6.45) is 0. The number of rotatable bonds is 4. The van der Waals surface area contributed by atoms with Crippen LogP contribution in [0.25, 0.3) is 0 Å². The molecule has 7 heteroatoms. The summed E-state index contributed by atoms with van der Waals surface area (Å²) < 4.78 is 4.74. The molecule has 2 aromatic rings. The van der Waals surface area contributed by atoms with Gasteiger partial charge in [-0.15, -0.1) is 0 Å². The molecule has 0 aliphatic carbocycles. The lowest BCUT2D eigenvalue weighted by molar-refractivity contribution is 0.0594. The highest BCUT2D eigenvalue weighted by atomic mass is 32.1. The number of nitrogens with zero attached hydrogens (tertiary/aromatic N) is 1. The van der Waals surface area contributed by atoms with E-state index in [1.54, 1.807) is 29.3 Å². The van der Waals surface area contributed by atoms with Gasteiger partial charge in [-0.2, -0.15) is 0 Å². The zero-order chi connectivity index (χ0) is 19.1. The summed E-state index contributed by atoms with van der Waals surface area (Å²) in [4.78, 5) is 24.6. The van der Waals surface area contributed by atoms with Crippen molar-refractivity contribution in [2.75, 3.05) is 12.4 Å². The molecule has 0 radical (unpaired) electrons. The molecule has 0 aliphatic heterocycles. The molecule has 2 aromatic carbocycles. The number of ether oxygens (including phenoxy) is 1. The lowest BCUT2D eigenvalue weighted by Gasteiger charge is -2.30. The van der Waals surface area contributed by atoms with Crippen molar-refractivity contribution in [1.29, 1.82) is 0 Å². The quantitative estimate of drug-likeness (QED) is 0.489. The number of benzene rings is 2. The van der Waals surface area contributed by atoms with Gasteiger partial charge in [-0.1, -0.05) is 30.3 Å². The van der Waals surface area contributed by atoms with E-state index >= 15 is 0 Å². The van der Waals surface area contributed by atoms with Crippen LogP contribution in [-0.2, 0) is 4.74 Å². The van der Waals surface area contributed by atoms with Gasteiger partial charge >= 0.3 is 5.97 Å². The Morgan fingerprint density at radius 1 is 1.00 bits per heavy atom. The highest BCUT2D eigenvalue weighted by Gasteiger charge is 2.21. The summed E-state index contributed by atoms with van der Waals surface area (Å²) >= 11 is 5.42. The van der Waals surface area contributed by atoms with Gasteiger partial charge in [-0.25, -0.2) is 4.79 Å². The number of nitrogens with one attached hydrogen (secondary N) is 2. The Morgan fingerprint density at radius 3 is 2.15 bits per heavy atom. The Balaban J connectivity index is 2.19. The zero-order valence-electron chi connectivity index (χ0n) is 14.9. The molecule has 0 aromatic heterocycles. The van der Waals surface area contributed by atoms with Gasteiger partial charge in [0.1, 0.15) is 0 Å². The molecule has 0 spiro atoms. The fraction of sp³-hybridized carbons (Fsp3) is 0.211. The molecule has 2 N–H and O–H groups in total. The molecule has 0 saturated heterocycles. The molecule has 26 heavy (non-hydrogen) atoms. The number of carbonyl (C=O) groups excluding carboxylic acids is 2. The predicted octanol–water partition coefficient (Wildman–Crippen LogP) is 3.23. The number of amides is 1. The first-order chi connectivity index (χ1) is 12.4. The van der Waals surface area contributed by atoms with Crippen LogP contribution in [0.1, 0.15) is 34.6 Å². The largest absolute Gasteiger partial charge is 0.465 e. The molecule has 136 valence electrons. The van der Waals surface area contributed by atoms with Crippen molar-refractivity contribution < 1.29 is 14.3 Å². The Morgan fingerprint density at radius 2 is 1.58 bits per heavy atom. The van der Waals surface area contributed by atoms with Gasteiger partial charge in [0.05, 0.1) is 18.2 Å². The van der Waals surface area contributed by atoms with Gasteiger partial charge in [0, 0.05) is 11.7 Å². The number of hydrogen-bond acceptors (Lipinski definition) is 4. The number of anilines is 1. The van der Waals surface area contributed by atoms with Gasteiger partial charge < -0.3 is 10.1 Å². The molecule has 6 nitrogen and oxygen atoms in total. The van der Waals surface area contributed by atoms with E-state index in [4.69, 9.17) is 17.0 Å². The summed E-state index contributed by atoms with van der Waals surface area (Å²) in [5.74, 6) is -1.02. The van der Waals surface area contributed by atoms with Gasteiger partial charge in [-0.3, -0.25) is 15.2 Å². The number of methoxy groups -OCH3 is 1. The molecule has 0 unspecified atom stereocenters. The molecule has 1 amide bonds. The Labute approximate surface area is 158 Å². The van der Waals surface area contributed by atoms with Gasteiger partial charge in [0.15, 0.2) is 5.11 Å². The van der Waals surface area contributed by atoms with E-state index in [-0.39, 0.29) is 17.2 Å². The summed E-state index contributed by atoms with van der Waals surface area (Å²) in [7, 11) is 1.27. The van der Waals surface area contributed by atoms with Crippen LogP contribution in [0, 0.1) is 0 Å². The standard InChI is InChI=1S/C19H21N3O3S/c1-13(2)22(19(26)20-14-9-5-4-6-10-14)21-17(23)15-11-7-8-12-16(15)18(24)25-3/h4-13H,1-3H3,(H,20,26)(H,21,23). The van der Waals surface area contributed by atoms with E-state index in [9.17, 15) is 9.59 Å². The second kappa shape index (κ2) is 8.96. The van der Waals surface area contributed by atoms with Crippen LogP contribution in [0.3, 0.4) is 0 Å².